The number of anilines is 1. The highest BCUT2D eigenvalue weighted by Crippen LogP contribution is 2.15. The van der Waals surface area contributed by atoms with Crippen molar-refractivity contribution in [3.05, 3.63) is 66.0 Å². The van der Waals surface area contributed by atoms with Crippen molar-refractivity contribution in [2.24, 2.45) is 5.73 Å². The highest BCUT2D eigenvalue weighted by Gasteiger charge is 2.18. The van der Waals surface area contributed by atoms with E-state index in [-0.39, 0.29) is 23.3 Å². The summed E-state index contributed by atoms with van der Waals surface area (Å²) in [6, 6.07) is 14.7. The fourth-order valence-corrected chi connectivity index (χ4v) is 2.03. The molecule has 0 radical (unpaired) electrons. The second-order valence-electron chi connectivity index (χ2n) is 4.21. The largest absolute Gasteiger partial charge is 0.376 e. The summed E-state index contributed by atoms with van der Waals surface area (Å²) in [5.41, 5.74) is 6.94. The molecule has 0 fully saturated rings. The zero-order valence-corrected chi connectivity index (χ0v) is 11.4. The molecule has 2 N–H and O–H groups in total. The van der Waals surface area contributed by atoms with E-state index in [0.717, 1.165) is 0 Å². The number of carbonyl (C=O) groups is 1. The number of hydrogen-bond donors (Lipinski definition) is 1. The molecule has 0 aromatic heterocycles. The van der Waals surface area contributed by atoms with Gasteiger partial charge < -0.3 is 5.73 Å². The first kappa shape index (κ1) is 14.1. The quantitative estimate of drug-likeness (QED) is 0.883. The summed E-state index contributed by atoms with van der Waals surface area (Å²) in [5, 5.41) is -0.0108. The molecule has 5 heteroatoms. The Morgan fingerprint density at radius 2 is 1.70 bits per heavy atom. The molecule has 0 spiro atoms. The normalized spacial score (nSPS) is 10.1. The van der Waals surface area contributed by atoms with Crippen LogP contribution < -0.4 is 10.6 Å². The van der Waals surface area contributed by atoms with Gasteiger partial charge in [0.05, 0.1) is 12.1 Å². The molecule has 2 aromatic rings. The Bertz CT molecular complexity index is 614. The number of carbonyl (C=O) groups excluding carboxylic acids is 1. The minimum atomic E-state index is -0.338. The topological polar surface area (TPSA) is 46.3 Å². The summed E-state index contributed by atoms with van der Waals surface area (Å²) in [5.74, 6) is -0.592. The van der Waals surface area contributed by atoms with E-state index >= 15 is 0 Å². The maximum absolute atomic E-state index is 12.8. The molecule has 0 unspecified atom stereocenters. The van der Waals surface area contributed by atoms with Crippen LogP contribution in [0.1, 0.15) is 5.56 Å². The molecule has 102 valence electrons. The third kappa shape index (κ3) is 3.39. The van der Waals surface area contributed by atoms with Crippen molar-refractivity contribution < 1.29 is 9.18 Å². The van der Waals surface area contributed by atoms with Crippen molar-refractivity contribution in [2.45, 2.75) is 6.42 Å². The van der Waals surface area contributed by atoms with Crippen molar-refractivity contribution in [1.82, 2.24) is 0 Å². The molecule has 20 heavy (non-hydrogen) atoms. The lowest BCUT2D eigenvalue weighted by Crippen LogP contribution is -2.41. The molecule has 0 saturated heterocycles. The highest BCUT2D eigenvalue weighted by atomic mass is 32.1. The van der Waals surface area contributed by atoms with Gasteiger partial charge >= 0.3 is 0 Å². The van der Waals surface area contributed by atoms with Gasteiger partial charge in [-0.05, 0) is 42.0 Å². The molecule has 2 aromatic carbocycles. The van der Waals surface area contributed by atoms with Crippen LogP contribution in [0.5, 0.6) is 0 Å². The number of hydrogen-bond acceptors (Lipinski definition) is 2. The van der Waals surface area contributed by atoms with E-state index in [1.54, 1.807) is 36.4 Å². The van der Waals surface area contributed by atoms with Crippen LogP contribution in [-0.4, -0.2) is 11.0 Å². The number of benzene rings is 2. The number of nitrogens with zero attached hydrogens (tertiary/aromatic N) is 1. The molecule has 0 aliphatic heterocycles. The van der Waals surface area contributed by atoms with E-state index in [0.29, 0.717) is 11.3 Å². The molecule has 0 aliphatic carbocycles. The van der Waals surface area contributed by atoms with E-state index in [9.17, 15) is 9.18 Å². The molecule has 0 aliphatic rings. The maximum Gasteiger partial charge on any atom is 0.237 e. The van der Waals surface area contributed by atoms with E-state index in [1.165, 1.54) is 17.0 Å². The fourth-order valence-electron chi connectivity index (χ4n) is 1.83. The molecule has 0 bridgehead atoms. The summed E-state index contributed by atoms with van der Waals surface area (Å²) in [6.45, 7) is 0. The molecule has 1 amide bonds. The SMILES string of the molecule is NC(=S)N(C(=O)Cc1ccc(F)cc1)c1ccccc1. The lowest BCUT2D eigenvalue weighted by Gasteiger charge is -2.20. The number of para-hydroxylation sites is 1. The molecular weight excluding hydrogens is 275 g/mol. The number of thiocarbonyl (C=S) groups is 1. The van der Waals surface area contributed by atoms with Gasteiger partial charge in [0, 0.05) is 0 Å². The predicted molar refractivity (Wildman–Crippen MR) is 80.8 cm³/mol. The number of nitrogens with two attached hydrogens (primary N) is 1. The Labute approximate surface area is 121 Å². The van der Waals surface area contributed by atoms with E-state index in [2.05, 4.69) is 0 Å². The molecule has 0 saturated carbocycles. The minimum absolute atomic E-state index is 0.0108. The Hall–Kier alpha value is -2.27. The van der Waals surface area contributed by atoms with Crippen LogP contribution in [0.3, 0.4) is 0 Å². The van der Waals surface area contributed by atoms with Gasteiger partial charge in [0.1, 0.15) is 5.82 Å². The third-order valence-corrected chi connectivity index (χ3v) is 2.94. The van der Waals surface area contributed by atoms with Crippen LogP contribution in [0.15, 0.2) is 54.6 Å². The van der Waals surface area contributed by atoms with Crippen LogP contribution >= 0.6 is 12.2 Å². The second-order valence-corrected chi connectivity index (χ2v) is 4.62. The zero-order chi connectivity index (χ0) is 14.5. The summed E-state index contributed by atoms with van der Waals surface area (Å²) in [6.07, 6.45) is 0.104. The van der Waals surface area contributed by atoms with E-state index in [4.69, 9.17) is 18.0 Å². The molecule has 2 rings (SSSR count). The second kappa shape index (κ2) is 6.25. The first-order valence-corrected chi connectivity index (χ1v) is 6.40. The number of rotatable bonds is 3. The Kier molecular flexibility index (Phi) is 4.42. The average Bonchev–Trinajstić information content (AvgIpc) is 2.42. The van der Waals surface area contributed by atoms with Crippen molar-refractivity contribution in [3.63, 3.8) is 0 Å². The zero-order valence-electron chi connectivity index (χ0n) is 10.6. The Balaban J connectivity index is 2.20. The lowest BCUT2D eigenvalue weighted by atomic mass is 10.1. The highest BCUT2D eigenvalue weighted by molar-refractivity contribution is 7.80. The van der Waals surface area contributed by atoms with Crippen molar-refractivity contribution >= 4 is 28.9 Å². The van der Waals surface area contributed by atoms with Gasteiger partial charge in [0.15, 0.2) is 5.11 Å². The summed E-state index contributed by atoms with van der Waals surface area (Å²) >= 11 is 4.94. The average molecular weight is 288 g/mol. The first-order valence-electron chi connectivity index (χ1n) is 6.00. The van der Waals surface area contributed by atoms with Crippen LogP contribution in [0.2, 0.25) is 0 Å². The molecule has 0 heterocycles. The number of halogens is 1. The summed E-state index contributed by atoms with van der Waals surface area (Å²) in [7, 11) is 0. The van der Waals surface area contributed by atoms with Crippen molar-refractivity contribution in [1.29, 1.82) is 0 Å². The third-order valence-electron chi connectivity index (χ3n) is 2.75. The van der Waals surface area contributed by atoms with Gasteiger partial charge in [-0.25, -0.2) is 4.39 Å². The van der Waals surface area contributed by atoms with Gasteiger partial charge in [0.25, 0.3) is 0 Å². The van der Waals surface area contributed by atoms with Crippen LogP contribution in [0.4, 0.5) is 10.1 Å². The van der Waals surface area contributed by atoms with Gasteiger partial charge in [0.2, 0.25) is 5.91 Å². The van der Waals surface area contributed by atoms with E-state index < -0.39 is 0 Å². The van der Waals surface area contributed by atoms with E-state index in [1.807, 2.05) is 6.07 Å². The van der Waals surface area contributed by atoms with Crippen LogP contribution in [0, 0.1) is 5.82 Å². The van der Waals surface area contributed by atoms with Gasteiger partial charge in [-0.3, -0.25) is 9.69 Å². The van der Waals surface area contributed by atoms with Crippen molar-refractivity contribution in [2.75, 3.05) is 4.90 Å². The summed E-state index contributed by atoms with van der Waals surface area (Å²) < 4.78 is 12.8. The maximum atomic E-state index is 12.8. The predicted octanol–water partition coefficient (Wildman–Crippen LogP) is 2.65. The van der Waals surface area contributed by atoms with Gasteiger partial charge in [-0.2, -0.15) is 0 Å². The van der Waals surface area contributed by atoms with Crippen LogP contribution in [-0.2, 0) is 11.2 Å². The molecule has 3 nitrogen and oxygen atoms in total. The van der Waals surface area contributed by atoms with Crippen LogP contribution in [0.25, 0.3) is 0 Å². The summed E-state index contributed by atoms with van der Waals surface area (Å²) in [4.78, 5) is 13.6. The fraction of sp³-hybridized carbons (Fsp3) is 0.0667. The number of amides is 1. The van der Waals surface area contributed by atoms with Crippen molar-refractivity contribution in [3.8, 4) is 0 Å². The Morgan fingerprint density at radius 1 is 1.10 bits per heavy atom. The smallest absolute Gasteiger partial charge is 0.237 e. The van der Waals surface area contributed by atoms with Gasteiger partial charge in [-0.1, -0.05) is 30.3 Å². The standard InChI is InChI=1S/C15H13FN2OS/c16-12-8-6-11(7-9-12)10-14(19)18(15(17)20)13-4-2-1-3-5-13/h1-9H,10H2,(H2,17,20). The monoisotopic (exact) mass is 288 g/mol. The Morgan fingerprint density at radius 3 is 2.25 bits per heavy atom. The lowest BCUT2D eigenvalue weighted by molar-refractivity contribution is -0.117. The first-order chi connectivity index (χ1) is 9.58. The minimum Gasteiger partial charge on any atom is -0.376 e. The molecule has 0 atom stereocenters. The molecular formula is C15H13FN2OS. The van der Waals surface area contributed by atoms with Gasteiger partial charge in [-0.15, -0.1) is 0 Å².